The minimum Gasteiger partial charge on any atom is -0.351 e. The molecule has 0 bridgehead atoms. The van der Waals surface area contributed by atoms with Gasteiger partial charge in [-0.2, -0.15) is 0 Å². The summed E-state index contributed by atoms with van der Waals surface area (Å²) in [6.45, 7) is 5.44. The van der Waals surface area contributed by atoms with E-state index in [0.29, 0.717) is 12.3 Å². The molecule has 152 valence electrons. The maximum absolute atomic E-state index is 12.4. The molecule has 1 amide bonds. The first-order chi connectivity index (χ1) is 13.9. The Bertz CT molecular complexity index is 966. The Morgan fingerprint density at radius 3 is 2.41 bits per heavy atom. The molecule has 2 aromatic carbocycles. The van der Waals surface area contributed by atoms with Crippen molar-refractivity contribution in [2.24, 2.45) is 0 Å². The van der Waals surface area contributed by atoms with Gasteiger partial charge in [-0.3, -0.25) is 9.36 Å². The predicted molar refractivity (Wildman–Crippen MR) is 116 cm³/mol. The number of amides is 1. The number of thioether (sulfide) groups is 1. The van der Waals surface area contributed by atoms with Crippen LogP contribution in [0.5, 0.6) is 0 Å². The van der Waals surface area contributed by atoms with Crippen LogP contribution in [0, 0.1) is 13.8 Å². The maximum atomic E-state index is 12.4. The summed E-state index contributed by atoms with van der Waals surface area (Å²) in [5.74, 6) is 1.08. The SMILES string of the molecule is Cc1ccc(-n2c(C)nnc2SCC(=O)NCc2ccccc2C[NH+](C)C)cc1. The Balaban J connectivity index is 1.60. The van der Waals surface area contributed by atoms with Crippen LogP contribution in [0.4, 0.5) is 0 Å². The molecule has 0 saturated heterocycles. The van der Waals surface area contributed by atoms with E-state index in [4.69, 9.17) is 0 Å². The zero-order valence-electron chi connectivity index (χ0n) is 17.4. The largest absolute Gasteiger partial charge is 0.351 e. The van der Waals surface area contributed by atoms with Crippen LogP contribution >= 0.6 is 11.8 Å². The first-order valence-electron chi connectivity index (χ1n) is 9.68. The lowest BCUT2D eigenvalue weighted by Gasteiger charge is -2.13. The van der Waals surface area contributed by atoms with E-state index in [0.717, 1.165) is 28.8 Å². The fourth-order valence-corrected chi connectivity index (χ4v) is 3.91. The zero-order valence-corrected chi connectivity index (χ0v) is 18.2. The Kier molecular flexibility index (Phi) is 7.06. The van der Waals surface area contributed by atoms with Gasteiger partial charge in [0.2, 0.25) is 5.91 Å². The third-order valence-electron chi connectivity index (χ3n) is 4.56. The van der Waals surface area contributed by atoms with E-state index < -0.39 is 0 Å². The molecule has 0 aliphatic heterocycles. The lowest BCUT2D eigenvalue weighted by Crippen LogP contribution is -3.04. The highest BCUT2D eigenvalue weighted by Crippen LogP contribution is 2.22. The first-order valence-corrected chi connectivity index (χ1v) is 10.7. The summed E-state index contributed by atoms with van der Waals surface area (Å²) in [5.41, 5.74) is 4.62. The molecule has 1 aromatic heterocycles. The fourth-order valence-electron chi connectivity index (χ4n) is 3.09. The molecule has 6 nitrogen and oxygen atoms in total. The van der Waals surface area contributed by atoms with Gasteiger partial charge in [0.25, 0.3) is 0 Å². The number of carbonyl (C=O) groups is 1. The van der Waals surface area contributed by atoms with Crippen molar-refractivity contribution in [2.75, 3.05) is 19.8 Å². The van der Waals surface area contributed by atoms with Crippen molar-refractivity contribution in [3.63, 3.8) is 0 Å². The van der Waals surface area contributed by atoms with Crippen LogP contribution in [-0.4, -0.2) is 40.5 Å². The quantitative estimate of drug-likeness (QED) is 0.557. The number of aromatic nitrogens is 3. The molecule has 3 aromatic rings. The monoisotopic (exact) mass is 410 g/mol. The summed E-state index contributed by atoms with van der Waals surface area (Å²) in [6, 6.07) is 16.4. The normalized spacial score (nSPS) is 11.1. The van der Waals surface area contributed by atoms with Crippen molar-refractivity contribution >= 4 is 17.7 Å². The van der Waals surface area contributed by atoms with E-state index in [1.165, 1.54) is 27.8 Å². The third kappa shape index (κ3) is 5.68. The number of hydrogen-bond donors (Lipinski definition) is 2. The highest BCUT2D eigenvalue weighted by molar-refractivity contribution is 7.99. The molecule has 0 aliphatic carbocycles. The highest BCUT2D eigenvalue weighted by Gasteiger charge is 2.14. The fraction of sp³-hybridized carbons (Fsp3) is 0.318. The Morgan fingerprint density at radius 1 is 1.03 bits per heavy atom. The van der Waals surface area contributed by atoms with Gasteiger partial charge >= 0.3 is 0 Å². The second-order valence-corrected chi connectivity index (χ2v) is 8.36. The van der Waals surface area contributed by atoms with Gasteiger partial charge in [0.15, 0.2) is 5.16 Å². The molecule has 0 fully saturated rings. The van der Waals surface area contributed by atoms with Gasteiger partial charge in [-0.15, -0.1) is 10.2 Å². The second kappa shape index (κ2) is 9.71. The highest BCUT2D eigenvalue weighted by atomic mass is 32.2. The molecule has 3 rings (SSSR count). The van der Waals surface area contributed by atoms with E-state index >= 15 is 0 Å². The van der Waals surface area contributed by atoms with E-state index in [1.807, 2.05) is 35.8 Å². The van der Waals surface area contributed by atoms with Crippen LogP contribution in [-0.2, 0) is 17.9 Å². The number of nitrogens with zero attached hydrogens (tertiary/aromatic N) is 3. The standard InChI is InChI=1S/C22H27N5OS/c1-16-9-11-20(12-10-16)27-17(2)24-25-22(27)29-15-21(28)23-13-18-7-5-6-8-19(18)14-26(3)4/h5-12H,13-15H2,1-4H3,(H,23,28)/p+1. The molecule has 2 N–H and O–H groups in total. The van der Waals surface area contributed by atoms with Crippen molar-refractivity contribution in [3.8, 4) is 5.69 Å². The average Bonchev–Trinajstić information content (AvgIpc) is 3.06. The van der Waals surface area contributed by atoms with Crippen LogP contribution in [0.3, 0.4) is 0 Å². The molecular formula is C22H28N5OS+. The van der Waals surface area contributed by atoms with Gasteiger partial charge < -0.3 is 10.2 Å². The van der Waals surface area contributed by atoms with E-state index in [-0.39, 0.29) is 5.91 Å². The topological polar surface area (TPSA) is 64.2 Å². The molecule has 0 unspecified atom stereocenters. The van der Waals surface area contributed by atoms with Crippen molar-refractivity contribution in [2.45, 2.75) is 32.1 Å². The molecule has 0 atom stereocenters. The van der Waals surface area contributed by atoms with E-state index in [9.17, 15) is 4.79 Å². The van der Waals surface area contributed by atoms with Crippen molar-refractivity contribution in [1.29, 1.82) is 0 Å². The van der Waals surface area contributed by atoms with Crippen LogP contribution in [0.2, 0.25) is 0 Å². The minimum absolute atomic E-state index is 0.0156. The van der Waals surface area contributed by atoms with E-state index in [2.05, 4.69) is 60.8 Å². The lowest BCUT2D eigenvalue weighted by atomic mass is 10.1. The Hall–Kier alpha value is -2.64. The molecular weight excluding hydrogens is 382 g/mol. The van der Waals surface area contributed by atoms with Crippen molar-refractivity contribution in [1.82, 2.24) is 20.1 Å². The summed E-state index contributed by atoms with van der Waals surface area (Å²) < 4.78 is 1.98. The number of quaternary nitrogens is 1. The van der Waals surface area contributed by atoms with Crippen LogP contribution in [0.15, 0.2) is 53.7 Å². The molecule has 29 heavy (non-hydrogen) atoms. The van der Waals surface area contributed by atoms with Gasteiger partial charge in [-0.05, 0) is 31.5 Å². The Morgan fingerprint density at radius 2 is 1.72 bits per heavy atom. The molecule has 0 radical (unpaired) electrons. The average molecular weight is 411 g/mol. The van der Waals surface area contributed by atoms with Gasteiger partial charge in [-0.25, -0.2) is 0 Å². The van der Waals surface area contributed by atoms with Gasteiger partial charge in [0, 0.05) is 17.8 Å². The minimum atomic E-state index is -0.0156. The predicted octanol–water partition coefficient (Wildman–Crippen LogP) is 1.94. The lowest BCUT2D eigenvalue weighted by molar-refractivity contribution is -0.872. The summed E-state index contributed by atoms with van der Waals surface area (Å²) in [5, 5.41) is 12.2. The summed E-state index contributed by atoms with van der Waals surface area (Å²) in [7, 11) is 4.25. The molecule has 0 spiro atoms. The maximum Gasteiger partial charge on any atom is 0.230 e. The van der Waals surface area contributed by atoms with Gasteiger partial charge in [0.1, 0.15) is 12.4 Å². The number of benzene rings is 2. The summed E-state index contributed by atoms with van der Waals surface area (Å²) in [6.07, 6.45) is 0. The summed E-state index contributed by atoms with van der Waals surface area (Å²) in [4.78, 5) is 13.8. The number of nitrogens with one attached hydrogen (secondary N) is 2. The summed E-state index contributed by atoms with van der Waals surface area (Å²) >= 11 is 1.40. The zero-order chi connectivity index (χ0) is 20.8. The smallest absolute Gasteiger partial charge is 0.230 e. The first kappa shape index (κ1) is 21.1. The van der Waals surface area contributed by atoms with Gasteiger partial charge in [-0.1, -0.05) is 53.7 Å². The second-order valence-electron chi connectivity index (χ2n) is 7.42. The van der Waals surface area contributed by atoms with Crippen LogP contribution < -0.4 is 10.2 Å². The van der Waals surface area contributed by atoms with E-state index in [1.54, 1.807) is 0 Å². The molecule has 0 saturated carbocycles. The molecule has 1 heterocycles. The van der Waals surface area contributed by atoms with Crippen molar-refractivity contribution < 1.29 is 9.69 Å². The van der Waals surface area contributed by atoms with Gasteiger partial charge in [0.05, 0.1) is 19.8 Å². The molecule has 0 aliphatic rings. The van der Waals surface area contributed by atoms with Crippen LogP contribution in [0.1, 0.15) is 22.5 Å². The number of aryl methyl sites for hydroxylation is 2. The Labute approximate surface area is 176 Å². The number of rotatable bonds is 8. The number of carbonyl (C=O) groups excluding carboxylic acids is 1. The molecule has 7 heteroatoms. The van der Waals surface area contributed by atoms with Crippen LogP contribution in [0.25, 0.3) is 5.69 Å². The third-order valence-corrected chi connectivity index (χ3v) is 5.49. The van der Waals surface area contributed by atoms with Crippen molar-refractivity contribution in [3.05, 3.63) is 71.0 Å². The number of hydrogen-bond acceptors (Lipinski definition) is 4.